The summed E-state index contributed by atoms with van der Waals surface area (Å²) in [4.78, 5) is 11.1. The molecule has 0 bridgehead atoms. The normalized spacial score (nSPS) is 15.4. The first-order valence-electron chi connectivity index (χ1n) is 6.11. The molecule has 0 radical (unpaired) electrons. The van der Waals surface area contributed by atoms with Crippen LogP contribution < -0.4 is 4.72 Å². The second-order valence-corrected chi connectivity index (χ2v) is 7.10. The van der Waals surface area contributed by atoms with Crippen LogP contribution in [0, 0.1) is 0 Å². The molecule has 0 aromatic heterocycles. The number of ether oxygens (including phenoxy) is 1. The van der Waals surface area contributed by atoms with E-state index < -0.39 is 11.4 Å². The van der Waals surface area contributed by atoms with Crippen LogP contribution in [0.15, 0.2) is 0 Å². The minimum Gasteiger partial charge on any atom is -0.598 e. The van der Waals surface area contributed by atoms with Gasteiger partial charge in [0.25, 0.3) is 0 Å². The molecular weight excluding hydrogens is 238 g/mol. The van der Waals surface area contributed by atoms with Gasteiger partial charge in [0.2, 0.25) is 0 Å². The average Bonchev–Trinajstić information content (AvgIpc) is 2.16. The molecule has 17 heavy (non-hydrogen) atoms. The molecule has 102 valence electrons. The minimum atomic E-state index is -1.05. The molecule has 0 aliphatic carbocycles. The second kappa shape index (κ2) is 7.95. The lowest BCUT2D eigenvalue weighted by Gasteiger charge is -2.26. The van der Waals surface area contributed by atoms with E-state index in [1.54, 1.807) is 6.92 Å². The van der Waals surface area contributed by atoms with Gasteiger partial charge in [0.15, 0.2) is 0 Å². The van der Waals surface area contributed by atoms with Crippen LogP contribution in [0.2, 0.25) is 0 Å². The zero-order valence-corrected chi connectivity index (χ0v) is 12.4. The van der Waals surface area contributed by atoms with Crippen LogP contribution in [-0.2, 0) is 20.9 Å². The van der Waals surface area contributed by atoms with Crippen molar-refractivity contribution in [2.24, 2.45) is 0 Å². The molecule has 0 fully saturated rings. The molecule has 0 aromatic rings. The largest absolute Gasteiger partial charge is 0.598 e. The summed E-state index contributed by atoms with van der Waals surface area (Å²) in [6, 6.07) is 0.143. The van der Waals surface area contributed by atoms with Crippen LogP contribution >= 0.6 is 0 Å². The van der Waals surface area contributed by atoms with Gasteiger partial charge in [0.05, 0.1) is 6.61 Å². The summed E-state index contributed by atoms with van der Waals surface area (Å²) in [6.45, 7) is 10.0. The molecule has 5 heteroatoms. The predicted octanol–water partition coefficient (Wildman–Crippen LogP) is 2.16. The van der Waals surface area contributed by atoms with Gasteiger partial charge in [-0.05, 0) is 47.5 Å². The third kappa shape index (κ3) is 8.46. The second-order valence-electron chi connectivity index (χ2n) is 5.10. The van der Waals surface area contributed by atoms with Crippen molar-refractivity contribution in [2.45, 2.75) is 64.7 Å². The van der Waals surface area contributed by atoms with Gasteiger partial charge in [0, 0.05) is 23.8 Å². The molecule has 0 rings (SSSR count). The standard InChI is InChI=1S/C12H25NO3S/c1-6-16-11(14)9-7-8-10(2)13-17(15)12(3,4)5/h10,13H,6-9H2,1-5H3/t10-,17-/m1/s1. The molecule has 0 unspecified atom stereocenters. The van der Waals surface area contributed by atoms with E-state index in [2.05, 4.69) is 4.72 Å². The smallest absolute Gasteiger partial charge is 0.305 e. The van der Waals surface area contributed by atoms with E-state index in [1.807, 2.05) is 27.7 Å². The summed E-state index contributed by atoms with van der Waals surface area (Å²) in [5, 5.41) is 0. The predicted molar refractivity (Wildman–Crippen MR) is 71.0 cm³/mol. The molecule has 0 heterocycles. The highest BCUT2D eigenvalue weighted by Gasteiger charge is 2.27. The fraction of sp³-hybridized carbons (Fsp3) is 0.917. The lowest BCUT2D eigenvalue weighted by atomic mass is 10.1. The number of carbonyl (C=O) groups is 1. The lowest BCUT2D eigenvalue weighted by Crippen LogP contribution is -2.43. The molecule has 0 spiro atoms. The topological polar surface area (TPSA) is 61.4 Å². The fourth-order valence-electron chi connectivity index (χ4n) is 1.20. The number of hydrogen-bond acceptors (Lipinski definition) is 4. The molecule has 0 aromatic carbocycles. The van der Waals surface area contributed by atoms with E-state index in [0.717, 1.165) is 12.8 Å². The summed E-state index contributed by atoms with van der Waals surface area (Å²) in [5.41, 5.74) is 0. The van der Waals surface area contributed by atoms with Crippen molar-refractivity contribution < 1.29 is 14.1 Å². The Morgan fingerprint density at radius 3 is 2.53 bits per heavy atom. The van der Waals surface area contributed by atoms with E-state index in [4.69, 9.17) is 4.74 Å². The molecule has 0 amide bonds. The SMILES string of the molecule is CCOC(=O)CCC[C@@H](C)N[S@+]([O-])C(C)(C)C. The van der Waals surface area contributed by atoms with E-state index >= 15 is 0 Å². The minimum absolute atomic E-state index is 0.143. The molecule has 4 nitrogen and oxygen atoms in total. The summed E-state index contributed by atoms with van der Waals surface area (Å²) in [7, 11) is 0. The monoisotopic (exact) mass is 263 g/mol. The van der Waals surface area contributed by atoms with Crippen molar-refractivity contribution in [3.05, 3.63) is 0 Å². The zero-order chi connectivity index (χ0) is 13.5. The fourth-order valence-corrected chi connectivity index (χ4v) is 2.04. The van der Waals surface area contributed by atoms with Gasteiger partial charge in [-0.15, -0.1) is 4.72 Å². The van der Waals surface area contributed by atoms with E-state index in [1.165, 1.54) is 0 Å². The van der Waals surface area contributed by atoms with Crippen molar-refractivity contribution in [3.63, 3.8) is 0 Å². The van der Waals surface area contributed by atoms with Crippen LogP contribution in [0.3, 0.4) is 0 Å². The molecular formula is C12H25NO3S. The number of rotatable bonds is 7. The molecule has 0 saturated carbocycles. The number of carbonyl (C=O) groups excluding carboxylic acids is 1. The van der Waals surface area contributed by atoms with Gasteiger partial charge < -0.3 is 9.29 Å². The van der Waals surface area contributed by atoms with Gasteiger partial charge >= 0.3 is 5.97 Å². The zero-order valence-electron chi connectivity index (χ0n) is 11.5. The van der Waals surface area contributed by atoms with Crippen molar-refractivity contribution >= 4 is 17.3 Å². The molecule has 1 N–H and O–H groups in total. The summed E-state index contributed by atoms with van der Waals surface area (Å²) < 4.78 is 19.4. The number of nitrogens with one attached hydrogen (secondary N) is 1. The van der Waals surface area contributed by atoms with Gasteiger partial charge in [0.1, 0.15) is 4.75 Å². The van der Waals surface area contributed by atoms with Gasteiger partial charge in [-0.3, -0.25) is 4.79 Å². The van der Waals surface area contributed by atoms with Crippen molar-refractivity contribution in [1.82, 2.24) is 4.72 Å². The van der Waals surface area contributed by atoms with Gasteiger partial charge in [-0.2, -0.15) is 0 Å². The van der Waals surface area contributed by atoms with E-state index in [9.17, 15) is 9.35 Å². The first kappa shape index (κ1) is 16.7. The summed E-state index contributed by atoms with van der Waals surface area (Å²) in [5.74, 6) is -0.156. The van der Waals surface area contributed by atoms with Crippen molar-refractivity contribution in [2.75, 3.05) is 6.61 Å². The van der Waals surface area contributed by atoms with Gasteiger partial charge in [-0.1, -0.05) is 0 Å². The molecule has 0 aliphatic heterocycles. The highest BCUT2D eigenvalue weighted by Crippen LogP contribution is 2.14. The Morgan fingerprint density at radius 2 is 2.06 bits per heavy atom. The first-order chi connectivity index (χ1) is 7.77. The first-order valence-corrected chi connectivity index (χ1v) is 7.26. The Labute approximate surface area is 108 Å². The maximum atomic E-state index is 11.8. The Kier molecular flexibility index (Phi) is 7.83. The summed E-state index contributed by atoms with van der Waals surface area (Å²) >= 11 is -1.05. The van der Waals surface area contributed by atoms with Crippen LogP contribution in [0.1, 0.15) is 53.9 Å². The number of esters is 1. The third-order valence-electron chi connectivity index (χ3n) is 2.19. The van der Waals surface area contributed by atoms with Crippen LogP contribution in [0.4, 0.5) is 0 Å². The Bertz CT molecular complexity index is 228. The lowest BCUT2D eigenvalue weighted by molar-refractivity contribution is -0.143. The van der Waals surface area contributed by atoms with Crippen molar-refractivity contribution in [1.29, 1.82) is 0 Å². The van der Waals surface area contributed by atoms with E-state index in [-0.39, 0.29) is 16.8 Å². The van der Waals surface area contributed by atoms with Crippen molar-refractivity contribution in [3.8, 4) is 0 Å². The van der Waals surface area contributed by atoms with E-state index in [0.29, 0.717) is 13.0 Å². The molecule has 0 aliphatic rings. The van der Waals surface area contributed by atoms with Gasteiger partial charge in [-0.25, -0.2) is 0 Å². The maximum Gasteiger partial charge on any atom is 0.305 e. The maximum absolute atomic E-state index is 11.8. The quantitative estimate of drug-likeness (QED) is 0.565. The molecule has 2 atom stereocenters. The Hall–Kier alpha value is -0.260. The average molecular weight is 263 g/mol. The van der Waals surface area contributed by atoms with Crippen LogP contribution in [0.25, 0.3) is 0 Å². The molecule has 0 saturated heterocycles. The third-order valence-corrected chi connectivity index (χ3v) is 3.92. The van der Waals surface area contributed by atoms with Crippen LogP contribution in [0.5, 0.6) is 0 Å². The highest BCUT2D eigenvalue weighted by atomic mass is 32.2. The number of hydrogen-bond donors (Lipinski definition) is 1. The Balaban J connectivity index is 3.73. The Morgan fingerprint density at radius 1 is 1.47 bits per heavy atom. The highest BCUT2D eigenvalue weighted by molar-refractivity contribution is 7.90. The van der Waals surface area contributed by atoms with Crippen LogP contribution in [-0.4, -0.2) is 27.9 Å². The summed E-state index contributed by atoms with van der Waals surface area (Å²) in [6.07, 6.45) is 2.01.